The monoisotopic (exact) mass is 411 g/mol. The zero-order chi connectivity index (χ0) is 18.7. The van der Waals surface area contributed by atoms with Gasteiger partial charge in [-0.1, -0.05) is 53.0 Å². The van der Waals surface area contributed by atoms with Gasteiger partial charge in [-0.3, -0.25) is 9.69 Å². The molecule has 0 radical (unpaired) electrons. The highest BCUT2D eigenvalue weighted by Gasteiger charge is 2.27. The summed E-state index contributed by atoms with van der Waals surface area (Å²) in [6.45, 7) is 5.07. The van der Waals surface area contributed by atoms with E-state index in [1.54, 1.807) is 18.2 Å². The fourth-order valence-corrected chi connectivity index (χ4v) is 3.82. The van der Waals surface area contributed by atoms with E-state index in [9.17, 15) is 4.79 Å². The smallest absolute Gasteiger partial charge is 0.241 e. The Morgan fingerprint density at radius 1 is 0.923 bits per heavy atom. The fourth-order valence-electron chi connectivity index (χ4n) is 3.07. The van der Waals surface area contributed by atoms with Gasteiger partial charge < -0.3 is 10.2 Å². The van der Waals surface area contributed by atoms with Crippen molar-refractivity contribution in [3.8, 4) is 0 Å². The number of anilines is 2. The molecule has 2 aromatic carbocycles. The van der Waals surface area contributed by atoms with E-state index in [0.29, 0.717) is 15.7 Å². The molecule has 138 valence electrons. The Hall–Kier alpha value is -1.46. The molecular formula is C19H20Cl3N3O. The Balaban J connectivity index is 1.60. The number of hydrogen-bond acceptors (Lipinski definition) is 3. The standard InChI is InChI=1S/C19H20Cl3N3O/c1-13(19(26)23-18-15(21)6-4-7-16(18)22)24-9-11-25(12-10-24)17-8-3-2-5-14(17)20/h2-8,13H,9-12H2,1H3,(H,23,26)/t13-/m0/s1. The van der Waals surface area contributed by atoms with Crippen molar-refractivity contribution in [2.24, 2.45) is 0 Å². The highest BCUT2D eigenvalue weighted by Crippen LogP contribution is 2.30. The van der Waals surface area contributed by atoms with E-state index in [1.807, 2.05) is 31.2 Å². The molecule has 0 unspecified atom stereocenters. The molecule has 2 aromatic rings. The van der Waals surface area contributed by atoms with Crippen LogP contribution in [-0.4, -0.2) is 43.0 Å². The van der Waals surface area contributed by atoms with Crippen LogP contribution < -0.4 is 10.2 Å². The van der Waals surface area contributed by atoms with Gasteiger partial charge in [-0.2, -0.15) is 0 Å². The Morgan fingerprint density at radius 3 is 2.12 bits per heavy atom. The van der Waals surface area contributed by atoms with Crippen LogP contribution >= 0.6 is 34.8 Å². The molecule has 26 heavy (non-hydrogen) atoms. The average molecular weight is 413 g/mol. The van der Waals surface area contributed by atoms with E-state index >= 15 is 0 Å². The van der Waals surface area contributed by atoms with Crippen molar-refractivity contribution in [2.45, 2.75) is 13.0 Å². The normalized spacial score (nSPS) is 16.4. The van der Waals surface area contributed by atoms with Gasteiger partial charge in [0.1, 0.15) is 0 Å². The zero-order valence-electron chi connectivity index (χ0n) is 14.4. The third-order valence-corrected chi connectivity index (χ3v) is 5.60. The molecule has 3 rings (SSSR count). The summed E-state index contributed by atoms with van der Waals surface area (Å²) < 4.78 is 0. The van der Waals surface area contributed by atoms with Gasteiger partial charge >= 0.3 is 0 Å². The van der Waals surface area contributed by atoms with Crippen LogP contribution in [0.5, 0.6) is 0 Å². The second-order valence-electron chi connectivity index (χ2n) is 6.24. The predicted octanol–water partition coefficient (Wildman–Crippen LogP) is 4.80. The van der Waals surface area contributed by atoms with Gasteiger partial charge in [-0.05, 0) is 31.2 Å². The molecule has 0 aromatic heterocycles. The van der Waals surface area contributed by atoms with Crippen molar-refractivity contribution in [3.63, 3.8) is 0 Å². The highest BCUT2D eigenvalue weighted by molar-refractivity contribution is 6.39. The molecule has 1 aliphatic rings. The first kappa shape index (κ1) is 19.3. The van der Waals surface area contributed by atoms with Crippen molar-refractivity contribution in [3.05, 3.63) is 57.5 Å². The molecule has 0 bridgehead atoms. The first-order chi connectivity index (χ1) is 12.5. The number of para-hydroxylation sites is 2. The Bertz CT molecular complexity index is 771. The number of piperazine rings is 1. The van der Waals surface area contributed by atoms with Crippen LogP contribution in [0.25, 0.3) is 0 Å². The van der Waals surface area contributed by atoms with Gasteiger partial charge in [0.05, 0.1) is 32.5 Å². The lowest BCUT2D eigenvalue weighted by Gasteiger charge is -2.38. The van der Waals surface area contributed by atoms with Gasteiger partial charge in [0.15, 0.2) is 0 Å². The summed E-state index contributed by atoms with van der Waals surface area (Å²) in [4.78, 5) is 17.0. The Morgan fingerprint density at radius 2 is 1.50 bits per heavy atom. The lowest BCUT2D eigenvalue weighted by atomic mass is 10.2. The first-order valence-corrected chi connectivity index (χ1v) is 9.59. The Kier molecular flexibility index (Phi) is 6.30. The molecule has 4 nitrogen and oxygen atoms in total. The molecule has 1 atom stereocenters. The summed E-state index contributed by atoms with van der Waals surface area (Å²) in [6, 6.07) is 12.7. The first-order valence-electron chi connectivity index (χ1n) is 8.46. The molecule has 1 aliphatic heterocycles. The SMILES string of the molecule is C[C@@H](C(=O)Nc1c(Cl)cccc1Cl)N1CCN(c2ccccc2Cl)CC1. The maximum absolute atomic E-state index is 12.6. The summed E-state index contributed by atoms with van der Waals surface area (Å²) >= 11 is 18.6. The van der Waals surface area contributed by atoms with Gasteiger partial charge in [0, 0.05) is 26.2 Å². The maximum atomic E-state index is 12.6. The van der Waals surface area contributed by atoms with Crippen LogP contribution in [0, 0.1) is 0 Å². The number of hydrogen-bond donors (Lipinski definition) is 1. The number of carbonyl (C=O) groups is 1. The minimum Gasteiger partial charge on any atom is -0.368 e. The minimum atomic E-state index is -0.282. The van der Waals surface area contributed by atoms with Crippen LogP contribution in [0.2, 0.25) is 15.1 Å². The molecule has 1 fully saturated rings. The largest absolute Gasteiger partial charge is 0.368 e. The van der Waals surface area contributed by atoms with Gasteiger partial charge in [0.2, 0.25) is 5.91 Å². The van der Waals surface area contributed by atoms with Gasteiger partial charge in [-0.15, -0.1) is 0 Å². The quantitative estimate of drug-likeness (QED) is 0.784. The summed E-state index contributed by atoms with van der Waals surface area (Å²) in [5.74, 6) is -0.119. The van der Waals surface area contributed by atoms with Crippen molar-refractivity contribution < 1.29 is 4.79 Å². The molecule has 1 heterocycles. The molecule has 1 saturated heterocycles. The van der Waals surface area contributed by atoms with Crippen LogP contribution in [-0.2, 0) is 4.79 Å². The van der Waals surface area contributed by atoms with Crippen molar-refractivity contribution in [2.75, 3.05) is 36.4 Å². The maximum Gasteiger partial charge on any atom is 0.241 e. The van der Waals surface area contributed by atoms with E-state index in [4.69, 9.17) is 34.8 Å². The van der Waals surface area contributed by atoms with Crippen LogP contribution in [0.4, 0.5) is 11.4 Å². The van der Waals surface area contributed by atoms with Crippen LogP contribution in [0.3, 0.4) is 0 Å². The molecule has 1 N–H and O–H groups in total. The summed E-state index contributed by atoms with van der Waals surface area (Å²) in [5.41, 5.74) is 1.50. The number of rotatable bonds is 4. The average Bonchev–Trinajstić information content (AvgIpc) is 2.65. The van der Waals surface area contributed by atoms with E-state index in [0.717, 1.165) is 36.9 Å². The zero-order valence-corrected chi connectivity index (χ0v) is 16.7. The minimum absolute atomic E-state index is 0.119. The van der Waals surface area contributed by atoms with E-state index in [1.165, 1.54) is 0 Å². The molecule has 1 amide bonds. The topological polar surface area (TPSA) is 35.6 Å². The predicted molar refractivity (Wildman–Crippen MR) is 110 cm³/mol. The molecule has 0 saturated carbocycles. The second kappa shape index (κ2) is 8.49. The van der Waals surface area contributed by atoms with Crippen molar-refractivity contribution in [1.82, 2.24) is 4.90 Å². The summed E-state index contributed by atoms with van der Waals surface area (Å²) in [7, 11) is 0. The van der Waals surface area contributed by atoms with Crippen molar-refractivity contribution >= 4 is 52.1 Å². The third kappa shape index (κ3) is 4.26. The number of nitrogens with zero attached hydrogens (tertiary/aromatic N) is 2. The molecule has 7 heteroatoms. The van der Waals surface area contributed by atoms with E-state index in [2.05, 4.69) is 15.1 Å². The van der Waals surface area contributed by atoms with Crippen molar-refractivity contribution in [1.29, 1.82) is 0 Å². The third-order valence-electron chi connectivity index (χ3n) is 4.65. The number of carbonyl (C=O) groups excluding carboxylic acids is 1. The number of halogens is 3. The van der Waals surface area contributed by atoms with Crippen LogP contribution in [0.15, 0.2) is 42.5 Å². The number of amides is 1. The van der Waals surface area contributed by atoms with Gasteiger partial charge in [0.25, 0.3) is 0 Å². The summed E-state index contributed by atoms with van der Waals surface area (Å²) in [5, 5.41) is 4.46. The fraction of sp³-hybridized carbons (Fsp3) is 0.316. The number of nitrogens with one attached hydrogen (secondary N) is 1. The lowest BCUT2D eigenvalue weighted by molar-refractivity contribution is -0.120. The van der Waals surface area contributed by atoms with E-state index < -0.39 is 0 Å². The molecule has 0 spiro atoms. The number of benzene rings is 2. The van der Waals surface area contributed by atoms with E-state index in [-0.39, 0.29) is 11.9 Å². The lowest BCUT2D eigenvalue weighted by Crippen LogP contribution is -2.52. The van der Waals surface area contributed by atoms with Crippen LogP contribution in [0.1, 0.15) is 6.92 Å². The van der Waals surface area contributed by atoms with Gasteiger partial charge in [-0.25, -0.2) is 0 Å². The highest BCUT2D eigenvalue weighted by atomic mass is 35.5. The molecule has 0 aliphatic carbocycles. The summed E-state index contributed by atoms with van der Waals surface area (Å²) in [6.07, 6.45) is 0. The molecular weight excluding hydrogens is 393 g/mol. The second-order valence-corrected chi connectivity index (χ2v) is 7.46. The Labute approximate surface area is 168 Å².